The number of nitrogens with zero attached hydrogens (tertiary/aromatic N) is 3. The number of sulfonamides is 1. The number of rotatable bonds is 5. The number of para-hydroxylation sites is 1. The van der Waals surface area contributed by atoms with Crippen molar-refractivity contribution < 1.29 is 22.7 Å². The zero-order chi connectivity index (χ0) is 30.3. The third-order valence-electron chi connectivity index (χ3n) is 9.00. The highest BCUT2D eigenvalue weighted by molar-refractivity contribution is 7.89. The molecule has 1 amide bonds. The molecule has 1 aliphatic carbocycles. The van der Waals surface area contributed by atoms with Gasteiger partial charge in [0.15, 0.2) is 0 Å². The van der Waals surface area contributed by atoms with Crippen LogP contribution in [0.25, 0.3) is 0 Å². The highest BCUT2D eigenvalue weighted by atomic mass is 32.2. The molecule has 2 aromatic carbocycles. The first-order valence-electron chi connectivity index (χ1n) is 15.4. The van der Waals surface area contributed by atoms with E-state index in [1.807, 2.05) is 71.0 Å². The lowest BCUT2D eigenvalue weighted by atomic mass is 9.83. The second kappa shape index (κ2) is 11.8. The van der Waals surface area contributed by atoms with Crippen molar-refractivity contribution in [3.05, 3.63) is 54.1 Å². The molecule has 42 heavy (non-hydrogen) atoms. The summed E-state index contributed by atoms with van der Waals surface area (Å²) in [7, 11) is -1.98. The largest absolute Gasteiger partial charge is 0.444 e. The smallest absolute Gasteiger partial charge is 0.412 e. The van der Waals surface area contributed by atoms with Crippen LogP contribution < -0.4 is 4.90 Å². The standard InChI is InChI=1S/C33H47N3O5S/c1-32(2,3)41-31(37)36-27(23-40-33(36,4)5)19-17-24-18-20-28-30(21-24)42(38,39)34(6)29(25-13-9-7-10-14-25)22-35(28)26-15-11-8-12-16-26/h8,11-12,15-16,18,20-21,25,27,29H,7,9-10,13-14,17,19,22-23H2,1-6H3/t27-,29-/m0/s1. The van der Waals surface area contributed by atoms with Gasteiger partial charge in [0, 0.05) is 25.3 Å². The van der Waals surface area contributed by atoms with Crippen LogP contribution >= 0.6 is 0 Å². The molecule has 2 heterocycles. The molecular weight excluding hydrogens is 550 g/mol. The summed E-state index contributed by atoms with van der Waals surface area (Å²) < 4.78 is 41.8. The molecule has 9 heteroatoms. The normalized spacial score (nSPS) is 24.7. The van der Waals surface area contributed by atoms with Crippen molar-refractivity contribution in [3.63, 3.8) is 0 Å². The fourth-order valence-electron chi connectivity index (χ4n) is 6.80. The molecule has 0 aromatic heterocycles. The van der Waals surface area contributed by atoms with Gasteiger partial charge in [-0.2, -0.15) is 4.31 Å². The second-order valence-corrected chi connectivity index (χ2v) is 15.5. The SMILES string of the molecule is CN1[C@H](C2CCCCC2)CN(c2ccccc2)c2ccc(CC[C@H]3COC(C)(C)N3C(=O)OC(C)(C)C)cc2S1(=O)=O. The van der Waals surface area contributed by atoms with Crippen LogP contribution in [0.1, 0.15) is 78.7 Å². The highest BCUT2D eigenvalue weighted by Crippen LogP contribution is 2.41. The van der Waals surface area contributed by atoms with Gasteiger partial charge in [0.05, 0.1) is 18.3 Å². The molecule has 0 spiro atoms. The average Bonchev–Trinajstić information content (AvgIpc) is 3.22. The quantitative estimate of drug-likeness (QED) is 0.381. The molecule has 1 saturated heterocycles. The predicted molar refractivity (Wildman–Crippen MR) is 165 cm³/mol. The first-order chi connectivity index (χ1) is 19.8. The molecule has 3 aliphatic rings. The molecule has 0 bridgehead atoms. The van der Waals surface area contributed by atoms with Gasteiger partial charge >= 0.3 is 6.09 Å². The van der Waals surface area contributed by atoms with Crippen LogP contribution in [-0.4, -0.2) is 67.3 Å². The number of aryl methyl sites for hydroxylation is 1. The minimum absolute atomic E-state index is 0.105. The molecule has 8 nitrogen and oxygen atoms in total. The molecule has 2 fully saturated rings. The molecule has 1 saturated carbocycles. The van der Waals surface area contributed by atoms with E-state index in [0.29, 0.717) is 36.8 Å². The van der Waals surface area contributed by atoms with E-state index < -0.39 is 27.4 Å². The molecule has 0 radical (unpaired) electrons. The van der Waals surface area contributed by atoms with Crippen LogP contribution in [-0.2, 0) is 25.9 Å². The number of anilines is 2. The van der Waals surface area contributed by atoms with E-state index in [0.717, 1.165) is 42.6 Å². The summed E-state index contributed by atoms with van der Waals surface area (Å²) >= 11 is 0. The molecule has 2 aromatic rings. The van der Waals surface area contributed by atoms with Crippen LogP contribution in [0, 0.1) is 5.92 Å². The fourth-order valence-corrected chi connectivity index (χ4v) is 8.45. The van der Waals surface area contributed by atoms with E-state index in [-0.39, 0.29) is 12.1 Å². The van der Waals surface area contributed by atoms with Crippen LogP contribution in [0.5, 0.6) is 0 Å². The summed E-state index contributed by atoms with van der Waals surface area (Å²) in [6, 6.07) is 15.7. The Balaban J connectivity index is 1.45. The van der Waals surface area contributed by atoms with E-state index >= 15 is 0 Å². The van der Waals surface area contributed by atoms with Gasteiger partial charge in [-0.1, -0.05) is 43.5 Å². The fraction of sp³-hybridized carbons (Fsp3) is 0.606. The molecule has 0 N–H and O–H groups in total. The van der Waals surface area contributed by atoms with Crippen molar-refractivity contribution in [1.29, 1.82) is 0 Å². The maximum absolute atomic E-state index is 14.2. The zero-order valence-corrected chi connectivity index (χ0v) is 26.8. The molecule has 230 valence electrons. The van der Waals surface area contributed by atoms with E-state index in [1.165, 1.54) is 6.42 Å². The molecule has 0 unspecified atom stereocenters. The number of amides is 1. The Hall–Kier alpha value is -2.62. The van der Waals surface area contributed by atoms with Crippen molar-refractivity contribution >= 4 is 27.5 Å². The number of benzene rings is 2. The summed E-state index contributed by atoms with van der Waals surface area (Å²) in [5, 5.41) is 0. The molecule has 5 rings (SSSR count). The number of hydrogen-bond donors (Lipinski definition) is 0. The van der Waals surface area contributed by atoms with Gasteiger partial charge in [-0.05, 0) is 96.0 Å². The Morgan fingerprint density at radius 2 is 1.74 bits per heavy atom. The predicted octanol–water partition coefficient (Wildman–Crippen LogP) is 6.71. The number of fused-ring (bicyclic) bond motifs is 1. The Kier molecular flexibility index (Phi) is 8.67. The van der Waals surface area contributed by atoms with Crippen molar-refractivity contribution in [1.82, 2.24) is 9.21 Å². The highest BCUT2D eigenvalue weighted by Gasteiger charge is 2.45. The van der Waals surface area contributed by atoms with Gasteiger partial charge in [-0.3, -0.25) is 4.90 Å². The molecule has 2 atom stereocenters. The van der Waals surface area contributed by atoms with Gasteiger partial charge in [0.1, 0.15) is 16.2 Å². The van der Waals surface area contributed by atoms with Crippen LogP contribution in [0.3, 0.4) is 0 Å². The number of carbonyl (C=O) groups is 1. The van der Waals surface area contributed by atoms with E-state index in [1.54, 1.807) is 16.3 Å². The molecular formula is C33H47N3O5S. The minimum atomic E-state index is -3.74. The van der Waals surface area contributed by atoms with E-state index in [4.69, 9.17) is 9.47 Å². The maximum Gasteiger partial charge on any atom is 0.412 e. The second-order valence-electron chi connectivity index (χ2n) is 13.5. The van der Waals surface area contributed by atoms with Gasteiger partial charge in [-0.15, -0.1) is 0 Å². The third-order valence-corrected chi connectivity index (χ3v) is 10.9. The summed E-state index contributed by atoms with van der Waals surface area (Å²) in [5.41, 5.74) is 1.24. The lowest BCUT2D eigenvalue weighted by Crippen LogP contribution is -2.49. The Bertz CT molecular complexity index is 1370. The van der Waals surface area contributed by atoms with Gasteiger partial charge < -0.3 is 14.4 Å². The van der Waals surface area contributed by atoms with Crippen LogP contribution in [0.15, 0.2) is 53.4 Å². The van der Waals surface area contributed by atoms with Crippen molar-refractivity contribution in [3.8, 4) is 0 Å². The average molecular weight is 598 g/mol. The summed E-state index contributed by atoms with van der Waals surface area (Å²) in [6.45, 7) is 10.3. The Morgan fingerprint density at radius 3 is 2.40 bits per heavy atom. The van der Waals surface area contributed by atoms with Crippen molar-refractivity contribution in [2.75, 3.05) is 25.1 Å². The number of likely N-dealkylation sites (N-methyl/N-ethyl adjacent to an activating group) is 1. The summed E-state index contributed by atoms with van der Waals surface area (Å²) in [4.78, 5) is 17.3. The monoisotopic (exact) mass is 597 g/mol. The maximum atomic E-state index is 14.2. The molecule has 2 aliphatic heterocycles. The van der Waals surface area contributed by atoms with Gasteiger partial charge in [-0.25, -0.2) is 13.2 Å². The van der Waals surface area contributed by atoms with Crippen LogP contribution in [0.2, 0.25) is 0 Å². The number of carbonyl (C=O) groups excluding carboxylic acids is 1. The lowest BCUT2D eigenvalue weighted by Gasteiger charge is -2.36. The lowest BCUT2D eigenvalue weighted by molar-refractivity contribution is -0.0626. The Morgan fingerprint density at radius 1 is 1.05 bits per heavy atom. The Labute approximate surface area is 252 Å². The van der Waals surface area contributed by atoms with Crippen molar-refractivity contribution in [2.24, 2.45) is 5.92 Å². The summed E-state index contributed by atoms with van der Waals surface area (Å²) in [5.74, 6) is 0.336. The minimum Gasteiger partial charge on any atom is -0.444 e. The zero-order valence-electron chi connectivity index (χ0n) is 26.0. The van der Waals surface area contributed by atoms with Gasteiger partial charge in [0.25, 0.3) is 0 Å². The topological polar surface area (TPSA) is 79.4 Å². The van der Waals surface area contributed by atoms with E-state index in [9.17, 15) is 13.2 Å². The number of hydrogen-bond acceptors (Lipinski definition) is 6. The van der Waals surface area contributed by atoms with E-state index in [2.05, 4.69) is 17.0 Å². The first kappa shape index (κ1) is 30.8. The van der Waals surface area contributed by atoms with Gasteiger partial charge in [0.2, 0.25) is 10.0 Å². The first-order valence-corrected chi connectivity index (χ1v) is 16.8. The van der Waals surface area contributed by atoms with Crippen LogP contribution in [0.4, 0.5) is 16.2 Å². The van der Waals surface area contributed by atoms with Crippen molar-refractivity contribution in [2.45, 2.75) is 108 Å². The number of ether oxygens (including phenoxy) is 2. The summed E-state index contributed by atoms with van der Waals surface area (Å²) in [6.07, 6.45) is 6.48. The third kappa shape index (κ3) is 6.33.